The Labute approximate surface area is 107 Å². The average Bonchev–Trinajstić information content (AvgIpc) is 2.70. The quantitative estimate of drug-likeness (QED) is 0.611. The molecule has 2 atom stereocenters. The van der Waals surface area contributed by atoms with Gasteiger partial charge in [0.1, 0.15) is 8.07 Å². The molecule has 0 fully saturated rings. The number of rotatable bonds is 2. The molecule has 0 bridgehead atoms. The van der Waals surface area contributed by atoms with Crippen molar-refractivity contribution in [2.75, 3.05) is 0 Å². The van der Waals surface area contributed by atoms with Crippen molar-refractivity contribution in [2.45, 2.75) is 40.8 Å². The highest BCUT2D eigenvalue weighted by molar-refractivity contribution is 6.92. The maximum Gasteiger partial charge on any atom is 0.112 e. The van der Waals surface area contributed by atoms with Gasteiger partial charge in [-0.1, -0.05) is 72.8 Å². The predicted molar refractivity (Wildman–Crippen MR) is 79.5 cm³/mol. The van der Waals surface area contributed by atoms with E-state index in [9.17, 15) is 0 Å². The third kappa shape index (κ3) is 2.13. The van der Waals surface area contributed by atoms with E-state index in [2.05, 4.69) is 65.1 Å². The molecule has 0 radical (unpaired) electrons. The van der Waals surface area contributed by atoms with E-state index in [1.807, 2.05) is 0 Å². The minimum atomic E-state index is -1.46. The summed E-state index contributed by atoms with van der Waals surface area (Å²) in [6.45, 7) is 14.1. The molecule has 2 aliphatic carbocycles. The zero-order valence-electron chi connectivity index (χ0n) is 12.0. The first-order valence-electron chi connectivity index (χ1n) is 6.64. The van der Waals surface area contributed by atoms with Crippen LogP contribution in [0.2, 0.25) is 13.1 Å². The summed E-state index contributed by atoms with van der Waals surface area (Å²) in [6.07, 6.45) is 9.78. The molecule has 0 nitrogen and oxygen atoms in total. The Morgan fingerprint density at radius 1 is 0.765 bits per heavy atom. The zero-order valence-corrected chi connectivity index (χ0v) is 13.0. The van der Waals surface area contributed by atoms with Gasteiger partial charge in [-0.25, -0.2) is 0 Å². The maximum absolute atomic E-state index is 2.50. The molecule has 1 heteroatoms. The van der Waals surface area contributed by atoms with Crippen LogP contribution in [-0.2, 0) is 0 Å². The standard InChI is InChI=1S/C16H24Si/c1-11-7-13(3)15(9-11)17(5,6)16-10-12(2)8-14(16)4/h7-12H,1-6H3. The summed E-state index contributed by atoms with van der Waals surface area (Å²) in [5.74, 6) is 1.25. The van der Waals surface area contributed by atoms with Crippen LogP contribution in [0.1, 0.15) is 27.7 Å². The van der Waals surface area contributed by atoms with Crippen molar-refractivity contribution in [2.24, 2.45) is 11.8 Å². The van der Waals surface area contributed by atoms with Gasteiger partial charge in [-0.15, -0.1) is 0 Å². The van der Waals surface area contributed by atoms with Crippen LogP contribution in [0.25, 0.3) is 0 Å². The second-order valence-corrected chi connectivity index (χ2v) is 10.5. The van der Waals surface area contributed by atoms with Gasteiger partial charge in [0.25, 0.3) is 0 Å². The van der Waals surface area contributed by atoms with Crippen molar-refractivity contribution >= 4 is 8.07 Å². The summed E-state index contributed by atoms with van der Waals surface area (Å²) in [4.78, 5) is 0. The van der Waals surface area contributed by atoms with Crippen LogP contribution in [0.3, 0.4) is 0 Å². The largest absolute Gasteiger partial charge is 0.112 e. The van der Waals surface area contributed by atoms with Crippen molar-refractivity contribution in [1.82, 2.24) is 0 Å². The minimum Gasteiger partial charge on any atom is -0.0780 e. The van der Waals surface area contributed by atoms with Crippen LogP contribution in [0.5, 0.6) is 0 Å². The van der Waals surface area contributed by atoms with E-state index in [-0.39, 0.29) is 0 Å². The lowest BCUT2D eigenvalue weighted by atomic mass is 10.2. The summed E-state index contributed by atoms with van der Waals surface area (Å²) in [6, 6.07) is 0. The van der Waals surface area contributed by atoms with Crippen molar-refractivity contribution in [1.29, 1.82) is 0 Å². The average molecular weight is 244 g/mol. The van der Waals surface area contributed by atoms with Gasteiger partial charge >= 0.3 is 0 Å². The van der Waals surface area contributed by atoms with Gasteiger partial charge in [0.05, 0.1) is 0 Å². The highest BCUT2D eigenvalue weighted by Gasteiger charge is 2.35. The summed E-state index contributed by atoms with van der Waals surface area (Å²) >= 11 is 0. The van der Waals surface area contributed by atoms with E-state index in [1.165, 1.54) is 11.1 Å². The van der Waals surface area contributed by atoms with Gasteiger partial charge in [0.15, 0.2) is 0 Å². The Kier molecular flexibility index (Phi) is 3.07. The molecule has 0 aromatic rings. The molecule has 17 heavy (non-hydrogen) atoms. The monoisotopic (exact) mass is 244 g/mol. The third-order valence-electron chi connectivity index (χ3n) is 4.08. The molecule has 2 aliphatic rings. The molecular weight excluding hydrogens is 220 g/mol. The Hall–Kier alpha value is -0.823. The third-order valence-corrected chi connectivity index (χ3v) is 7.90. The van der Waals surface area contributed by atoms with Crippen molar-refractivity contribution in [3.05, 3.63) is 45.8 Å². The minimum absolute atomic E-state index is 0.625. The van der Waals surface area contributed by atoms with Crippen LogP contribution in [0, 0.1) is 11.8 Å². The number of allylic oxidation sites excluding steroid dienone is 8. The molecule has 0 saturated heterocycles. The fraction of sp³-hybridized carbons (Fsp3) is 0.500. The first kappa shape index (κ1) is 12.6. The molecule has 0 saturated carbocycles. The second kappa shape index (κ2) is 4.13. The van der Waals surface area contributed by atoms with E-state index in [4.69, 9.17) is 0 Å². The highest BCUT2D eigenvalue weighted by atomic mass is 28.3. The van der Waals surface area contributed by atoms with Crippen LogP contribution in [0.4, 0.5) is 0 Å². The molecule has 0 heterocycles. The van der Waals surface area contributed by atoms with Crippen LogP contribution >= 0.6 is 0 Å². The molecule has 0 aromatic heterocycles. The van der Waals surface area contributed by atoms with Crippen LogP contribution < -0.4 is 0 Å². The molecule has 0 aromatic carbocycles. The zero-order chi connectivity index (χ0) is 12.8. The lowest BCUT2D eigenvalue weighted by Gasteiger charge is -2.28. The molecule has 2 unspecified atom stereocenters. The van der Waals surface area contributed by atoms with Crippen molar-refractivity contribution in [3.8, 4) is 0 Å². The lowest BCUT2D eigenvalue weighted by Crippen LogP contribution is -2.32. The van der Waals surface area contributed by atoms with Crippen molar-refractivity contribution in [3.63, 3.8) is 0 Å². The number of hydrogen-bond donors (Lipinski definition) is 0. The summed E-state index contributed by atoms with van der Waals surface area (Å²) in [5.41, 5.74) is 3.03. The molecule has 2 rings (SSSR count). The first-order chi connectivity index (χ1) is 7.82. The van der Waals surface area contributed by atoms with Gasteiger partial charge in [0.2, 0.25) is 0 Å². The first-order valence-corrected chi connectivity index (χ1v) is 9.64. The SMILES string of the molecule is CC1=CC(C)C=C1[Si](C)(C)C1=CC(C)C=C1C. The molecule has 0 N–H and O–H groups in total. The fourth-order valence-corrected chi connectivity index (χ4v) is 7.19. The molecule has 0 spiro atoms. The smallest absolute Gasteiger partial charge is 0.0780 e. The van der Waals surface area contributed by atoms with Gasteiger partial charge < -0.3 is 0 Å². The number of hydrogen-bond acceptors (Lipinski definition) is 0. The Balaban J connectivity index is 2.39. The molecular formula is C16H24Si. The van der Waals surface area contributed by atoms with Crippen LogP contribution in [-0.4, -0.2) is 8.07 Å². The lowest BCUT2D eigenvalue weighted by molar-refractivity contribution is 0.953. The Morgan fingerprint density at radius 2 is 1.12 bits per heavy atom. The Bertz CT molecular complexity index is 416. The Morgan fingerprint density at radius 3 is 1.35 bits per heavy atom. The highest BCUT2D eigenvalue weighted by Crippen LogP contribution is 2.40. The van der Waals surface area contributed by atoms with Gasteiger partial charge in [-0.05, 0) is 25.7 Å². The summed E-state index contributed by atoms with van der Waals surface area (Å²) in [7, 11) is -1.46. The fourth-order valence-electron chi connectivity index (χ4n) is 3.40. The summed E-state index contributed by atoms with van der Waals surface area (Å²) < 4.78 is 0. The van der Waals surface area contributed by atoms with Gasteiger partial charge in [-0.3, -0.25) is 0 Å². The van der Waals surface area contributed by atoms with Crippen LogP contribution in [0.15, 0.2) is 45.8 Å². The molecule has 0 aliphatic heterocycles. The van der Waals surface area contributed by atoms with Crippen molar-refractivity contribution < 1.29 is 0 Å². The van der Waals surface area contributed by atoms with E-state index >= 15 is 0 Å². The normalized spacial score (nSPS) is 28.8. The molecule has 0 amide bonds. The molecule has 92 valence electrons. The van der Waals surface area contributed by atoms with Gasteiger partial charge in [-0.2, -0.15) is 0 Å². The van der Waals surface area contributed by atoms with E-state index in [1.54, 1.807) is 10.4 Å². The predicted octanol–water partition coefficient (Wildman–Crippen LogP) is 4.82. The van der Waals surface area contributed by atoms with E-state index in [0.29, 0.717) is 11.8 Å². The van der Waals surface area contributed by atoms with E-state index < -0.39 is 8.07 Å². The summed E-state index contributed by atoms with van der Waals surface area (Å²) in [5, 5.41) is 3.30. The van der Waals surface area contributed by atoms with E-state index in [0.717, 1.165) is 0 Å². The second-order valence-electron chi connectivity index (χ2n) is 6.20. The topological polar surface area (TPSA) is 0 Å². The van der Waals surface area contributed by atoms with Gasteiger partial charge in [0, 0.05) is 0 Å². The maximum atomic E-state index is 2.50.